The zero-order valence-corrected chi connectivity index (χ0v) is 11.6. The molecule has 0 saturated heterocycles. The van der Waals surface area contributed by atoms with Crippen molar-refractivity contribution in [2.45, 2.75) is 6.54 Å². The van der Waals surface area contributed by atoms with Gasteiger partial charge in [-0.2, -0.15) is 5.10 Å². The first-order chi connectivity index (χ1) is 9.24. The molecule has 6 heteroatoms. The second-order valence-corrected chi connectivity index (χ2v) is 4.29. The van der Waals surface area contributed by atoms with E-state index < -0.39 is 0 Å². The average molecular weight is 282 g/mol. The van der Waals surface area contributed by atoms with Crippen LogP contribution in [0.2, 0.25) is 5.02 Å². The first kappa shape index (κ1) is 13.5. The number of anilines is 1. The largest absolute Gasteiger partial charge is 0.495 e. The van der Waals surface area contributed by atoms with E-state index in [0.717, 1.165) is 18.8 Å². The number of benzene rings is 1. The van der Waals surface area contributed by atoms with Crippen molar-refractivity contribution in [3.8, 4) is 11.5 Å². The molecule has 0 fully saturated rings. The van der Waals surface area contributed by atoms with Crippen LogP contribution in [0.15, 0.2) is 30.6 Å². The Morgan fingerprint density at radius 2 is 2.05 bits per heavy atom. The van der Waals surface area contributed by atoms with E-state index in [1.807, 2.05) is 23.0 Å². The summed E-state index contributed by atoms with van der Waals surface area (Å²) < 4.78 is 12.3. The number of halogens is 1. The number of ether oxygens (including phenoxy) is 2. The highest BCUT2D eigenvalue weighted by Crippen LogP contribution is 2.35. The van der Waals surface area contributed by atoms with Gasteiger partial charge in [0.25, 0.3) is 0 Å². The Bertz CT molecular complexity index is 529. The molecule has 0 unspecified atom stereocenters. The Morgan fingerprint density at radius 1 is 1.26 bits per heavy atom. The maximum absolute atomic E-state index is 6.05. The van der Waals surface area contributed by atoms with Crippen LogP contribution in [0.5, 0.6) is 11.5 Å². The summed E-state index contributed by atoms with van der Waals surface area (Å²) in [5.74, 6) is 1.30. The van der Waals surface area contributed by atoms with E-state index in [1.165, 1.54) is 0 Å². The fourth-order valence-corrected chi connectivity index (χ4v) is 1.97. The van der Waals surface area contributed by atoms with Crippen molar-refractivity contribution in [3.05, 3.63) is 35.6 Å². The monoisotopic (exact) mass is 281 g/mol. The van der Waals surface area contributed by atoms with Gasteiger partial charge < -0.3 is 14.8 Å². The second kappa shape index (κ2) is 6.33. The minimum Gasteiger partial charge on any atom is -0.495 e. The van der Waals surface area contributed by atoms with Gasteiger partial charge >= 0.3 is 0 Å². The van der Waals surface area contributed by atoms with Gasteiger partial charge in [-0.1, -0.05) is 11.6 Å². The van der Waals surface area contributed by atoms with Crippen LogP contribution >= 0.6 is 11.6 Å². The molecule has 1 aromatic heterocycles. The van der Waals surface area contributed by atoms with Gasteiger partial charge in [0.05, 0.1) is 31.5 Å². The number of aromatic nitrogens is 2. The third kappa shape index (κ3) is 3.32. The second-order valence-electron chi connectivity index (χ2n) is 3.88. The van der Waals surface area contributed by atoms with Crippen LogP contribution in [0.3, 0.4) is 0 Å². The molecule has 0 aliphatic carbocycles. The molecule has 1 N–H and O–H groups in total. The molecule has 0 aliphatic heterocycles. The summed E-state index contributed by atoms with van der Waals surface area (Å²) in [6.07, 6.45) is 3.67. The van der Waals surface area contributed by atoms with E-state index in [1.54, 1.807) is 26.5 Å². The van der Waals surface area contributed by atoms with E-state index in [2.05, 4.69) is 10.4 Å². The van der Waals surface area contributed by atoms with Crippen LogP contribution in [0.25, 0.3) is 0 Å². The zero-order valence-electron chi connectivity index (χ0n) is 10.9. The molecule has 1 aromatic carbocycles. The van der Waals surface area contributed by atoms with Gasteiger partial charge in [-0.05, 0) is 6.07 Å². The molecule has 0 saturated carbocycles. The Labute approximate surface area is 117 Å². The van der Waals surface area contributed by atoms with Gasteiger partial charge in [-0.25, -0.2) is 0 Å². The Morgan fingerprint density at radius 3 is 2.68 bits per heavy atom. The molecule has 2 rings (SSSR count). The van der Waals surface area contributed by atoms with Crippen molar-refractivity contribution in [1.29, 1.82) is 0 Å². The predicted molar refractivity (Wildman–Crippen MR) is 75.3 cm³/mol. The first-order valence-corrected chi connectivity index (χ1v) is 6.25. The molecule has 0 atom stereocenters. The van der Waals surface area contributed by atoms with Crippen molar-refractivity contribution in [3.63, 3.8) is 0 Å². The summed E-state index contributed by atoms with van der Waals surface area (Å²) in [7, 11) is 3.19. The SMILES string of the molecule is COc1cc(NCCn2cccn2)c(OC)cc1Cl. The van der Waals surface area contributed by atoms with Crippen molar-refractivity contribution >= 4 is 17.3 Å². The number of methoxy groups -OCH3 is 2. The van der Waals surface area contributed by atoms with Crippen molar-refractivity contribution < 1.29 is 9.47 Å². The number of hydrogen-bond donors (Lipinski definition) is 1. The minimum atomic E-state index is 0.525. The van der Waals surface area contributed by atoms with Crippen molar-refractivity contribution in [2.24, 2.45) is 0 Å². The fraction of sp³-hybridized carbons (Fsp3) is 0.308. The third-order valence-electron chi connectivity index (χ3n) is 2.69. The molecule has 0 aliphatic rings. The van der Waals surface area contributed by atoms with Gasteiger partial charge in [0, 0.05) is 31.1 Å². The molecule has 1 heterocycles. The van der Waals surface area contributed by atoms with Crippen LogP contribution in [-0.2, 0) is 6.54 Å². The Balaban J connectivity index is 2.05. The summed E-state index contributed by atoms with van der Waals surface area (Å²) >= 11 is 6.05. The van der Waals surface area contributed by atoms with E-state index in [-0.39, 0.29) is 0 Å². The smallest absolute Gasteiger partial charge is 0.143 e. The lowest BCUT2D eigenvalue weighted by Gasteiger charge is -2.13. The quantitative estimate of drug-likeness (QED) is 0.884. The highest BCUT2D eigenvalue weighted by Gasteiger charge is 2.09. The van der Waals surface area contributed by atoms with Gasteiger partial charge in [-0.15, -0.1) is 0 Å². The first-order valence-electron chi connectivity index (χ1n) is 5.87. The van der Waals surface area contributed by atoms with Crippen LogP contribution in [0.4, 0.5) is 5.69 Å². The summed E-state index contributed by atoms with van der Waals surface area (Å²) in [4.78, 5) is 0. The molecule has 2 aromatic rings. The normalized spacial score (nSPS) is 10.3. The van der Waals surface area contributed by atoms with Gasteiger partial charge in [0.2, 0.25) is 0 Å². The molecule has 0 bridgehead atoms. The Kier molecular flexibility index (Phi) is 4.52. The van der Waals surface area contributed by atoms with E-state index >= 15 is 0 Å². The number of hydrogen-bond acceptors (Lipinski definition) is 4. The summed E-state index contributed by atoms with van der Waals surface area (Å²) in [6, 6.07) is 5.45. The molecule has 102 valence electrons. The maximum atomic E-state index is 6.05. The zero-order chi connectivity index (χ0) is 13.7. The fourth-order valence-electron chi connectivity index (χ4n) is 1.74. The molecule has 0 radical (unpaired) electrons. The van der Waals surface area contributed by atoms with Crippen LogP contribution < -0.4 is 14.8 Å². The van der Waals surface area contributed by atoms with Gasteiger partial charge in [0.15, 0.2) is 0 Å². The summed E-state index contributed by atoms with van der Waals surface area (Å²) in [6.45, 7) is 1.49. The Hall–Kier alpha value is -1.88. The third-order valence-corrected chi connectivity index (χ3v) is 2.98. The number of rotatable bonds is 6. The summed E-state index contributed by atoms with van der Waals surface area (Å²) in [5.41, 5.74) is 0.843. The standard InChI is InChI=1S/C13H16ClN3O2/c1-18-12-9-11(13(19-2)8-10(12)14)15-5-7-17-6-3-4-16-17/h3-4,6,8-9,15H,5,7H2,1-2H3. The topological polar surface area (TPSA) is 48.3 Å². The lowest BCUT2D eigenvalue weighted by Crippen LogP contribution is -2.11. The molecule has 5 nitrogen and oxygen atoms in total. The number of nitrogens with one attached hydrogen (secondary N) is 1. The van der Waals surface area contributed by atoms with Crippen LogP contribution in [-0.4, -0.2) is 30.5 Å². The van der Waals surface area contributed by atoms with Crippen LogP contribution in [0.1, 0.15) is 0 Å². The van der Waals surface area contributed by atoms with Crippen LogP contribution in [0, 0.1) is 0 Å². The molecular weight excluding hydrogens is 266 g/mol. The van der Waals surface area contributed by atoms with Crippen molar-refractivity contribution in [1.82, 2.24) is 9.78 Å². The highest BCUT2D eigenvalue weighted by molar-refractivity contribution is 6.32. The van der Waals surface area contributed by atoms with Gasteiger partial charge in [0.1, 0.15) is 11.5 Å². The van der Waals surface area contributed by atoms with E-state index in [0.29, 0.717) is 16.5 Å². The molecule has 19 heavy (non-hydrogen) atoms. The lowest BCUT2D eigenvalue weighted by molar-refractivity contribution is 0.404. The number of nitrogens with zero attached hydrogens (tertiary/aromatic N) is 2. The average Bonchev–Trinajstić information content (AvgIpc) is 2.93. The minimum absolute atomic E-state index is 0.525. The van der Waals surface area contributed by atoms with Gasteiger partial charge in [-0.3, -0.25) is 4.68 Å². The molecule has 0 spiro atoms. The molecule has 0 amide bonds. The predicted octanol–water partition coefficient (Wildman–Crippen LogP) is 2.67. The maximum Gasteiger partial charge on any atom is 0.143 e. The van der Waals surface area contributed by atoms with Crippen molar-refractivity contribution in [2.75, 3.05) is 26.1 Å². The summed E-state index contributed by atoms with van der Waals surface area (Å²) in [5, 5.41) is 7.94. The molecular formula is C13H16ClN3O2. The lowest BCUT2D eigenvalue weighted by atomic mass is 10.2. The van der Waals surface area contributed by atoms with E-state index in [9.17, 15) is 0 Å². The highest BCUT2D eigenvalue weighted by atomic mass is 35.5. The van der Waals surface area contributed by atoms with E-state index in [4.69, 9.17) is 21.1 Å².